The fourth-order valence-electron chi connectivity index (χ4n) is 6.21. The third-order valence-corrected chi connectivity index (χ3v) is 8.58. The molecule has 2 fully saturated rings. The zero-order valence-electron chi connectivity index (χ0n) is 26.3. The van der Waals surface area contributed by atoms with Crippen LogP contribution in [-0.4, -0.2) is 65.2 Å². The summed E-state index contributed by atoms with van der Waals surface area (Å²) in [5.41, 5.74) is 4.36. The van der Waals surface area contributed by atoms with Gasteiger partial charge in [-0.05, 0) is 75.8 Å². The molecule has 1 aromatic carbocycles. The number of nitriles is 2. The Hall–Kier alpha value is -4.25. The Bertz CT molecular complexity index is 1680. The van der Waals surface area contributed by atoms with Crippen molar-refractivity contribution >= 4 is 22.4 Å². The summed E-state index contributed by atoms with van der Waals surface area (Å²) in [6.45, 7) is 10.3. The van der Waals surface area contributed by atoms with Crippen molar-refractivity contribution in [1.82, 2.24) is 14.5 Å². The van der Waals surface area contributed by atoms with Crippen LogP contribution in [0.25, 0.3) is 11.0 Å². The number of hydrogen-bond acceptors (Lipinski definition) is 9. The summed E-state index contributed by atoms with van der Waals surface area (Å²) in [5.74, 6) is 0.194. The standard InChI is InChI=1S/C34H41N7O3/c1-34(2,3)44-38-30(25-8-6-7-23(19-25)22-41-15-17-43-18-16-41)24-9-12-27(13-10-24)39(4)32-28(21-36)33(42)40(5)29-14-11-26(20-35)37-31(29)32/h6-8,11,14,19,24,27H,9-10,12-13,15-18,22H2,1-5H3/b38-30-/t24-,27-. The van der Waals surface area contributed by atoms with Gasteiger partial charge in [0.2, 0.25) is 0 Å². The van der Waals surface area contributed by atoms with Crippen LogP contribution in [0.1, 0.15) is 68.8 Å². The average molecular weight is 596 g/mol. The van der Waals surface area contributed by atoms with Crippen molar-refractivity contribution in [2.24, 2.45) is 18.1 Å². The summed E-state index contributed by atoms with van der Waals surface area (Å²) < 4.78 is 6.95. The molecule has 3 heterocycles. The van der Waals surface area contributed by atoms with Crippen LogP contribution in [-0.2, 0) is 23.2 Å². The van der Waals surface area contributed by atoms with Crippen LogP contribution in [0.2, 0.25) is 0 Å². The molecule has 1 saturated carbocycles. The number of oxime groups is 1. The molecule has 5 rings (SSSR count). The van der Waals surface area contributed by atoms with Gasteiger partial charge in [-0.1, -0.05) is 23.4 Å². The fraction of sp³-hybridized carbons (Fsp3) is 0.500. The smallest absolute Gasteiger partial charge is 0.270 e. The number of morpholine rings is 1. The molecule has 230 valence electrons. The third-order valence-electron chi connectivity index (χ3n) is 8.58. The van der Waals surface area contributed by atoms with Crippen LogP contribution >= 0.6 is 0 Å². The molecule has 10 nitrogen and oxygen atoms in total. The molecule has 3 aromatic rings. The van der Waals surface area contributed by atoms with Crippen molar-refractivity contribution in [3.8, 4) is 12.1 Å². The van der Waals surface area contributed by atoms with E-state index in [0.717, 1.165) is 69.8 Å². The summed E-state index contributed by atoms with van der Waals surface area (Å²) in [4.78, 5) is 28.1. The van der Waals surface area contributed by atoms with Crippen molar-refractivity contribution in [2.75, 3.05) is 38.3 Å². The second-order valence-corrected chi connectivity index (χ2v) is 12.8. The largest absolute Gasteiger partial charge is 0.390 e. The van der Waals surface area contributed by atoms with Gasteiger partial charge in [0.25, 0.3) is 5.56 Å². The Morgan fingerprint density at radius 2 is 1.84 bits per heavy atom. The number of pyridine rings is 2. The molecule has 0 atom stereocenters. The lowest BCUT2D eigenvalue weighted by molar-refractivity contribution is -0.0000299. The van der Waals surface area contributed by atoms with E-state index in [0.29, 0.717) is 16.7 Å². The number of fused-ring (bicyclic) bond motifs is 1. The van der Waals surface area contributed by atoms with Gasteiger partial charge in [0.15, 0.2) is 0 Å². The van der Waals surface area contributed by atoms with E-state index in [2.05, 4.69) is 46.3 Å². The topological polar surface area (TPSA) is 120 Å². The van der Waals surface area contributed by atoms with Gasteiger partial charge in [0, 0.05) is 45.7 Å². The van der Waals surface area contributed by atoms with E-state index in [1.54, 1.807) is 19.2 Å². The van der Waals surface area contributed by atoms with Gasteiger partial charge >= 0.3 is 0 Å². The van der Waals surface area contributed by atoms with E-state index < -0.39 is 5.60 Å². The van der Waals surface area contributed by atoms with Crippen molar-refractivity contribution in [1.29, 1.82) is 10.5 Å². The van der Waals surface area contributed by atoms with Crippen molar-refractivity contribution in [3.05, 3.63) is 69.1 Å². The van der Waals surface area contributed by atoms with Crippen molar-refractivity contribution in [3.63, 3.8) is 0 Å². The summed E-state index contributed by atoms with van der Waals surface area (Å²) in [5, 5.41) is 24.3. The number of ether oxygens (including phenoxy) is 1. The normalized spacial score (nSPS) is 19.8. The van der Waals surface area contributed by atoms with Crippen molar-refractivity contribution in [2.45, 2.75) is 64.6 Å². The fourth-order valence-corrected chi connectivity index (χ4v) is 6.21. The van der Waals surface area contributed by atoms with Gasteiger partial charge in [-0.2, -0.15) is 10.5 Å². The quantitative estimate of drug-likeness (QED) is 0.284. The number of hydrogen-bond donors (Lipinski definition) is 0. The molecule has 2 aliphatic rings. The highest BCUT2D eigenvalue weighted by Crippen LogP contribution is 2.35. The summed E-state index contributed by atoms with van der Waals surface area (Å²) >= 11 is 0. The second kappa shape index (κ2) is 13.2. The van der Waals surface area contributed by atoms with Gasteiger partial charge in [-0.15, -0.1) is 0 Å². The van der Waals surface area contributed by atoms with E-state index in [9.17, 15) is 15.3 Å². The van der Waals surface area contributed by atoms with Gasteiger partial charge in [0.1, 0.15) is 34.5 Å². The first kappa shape index (κ1) is 31.2. The lowest BCUT2D eigenvalue weighted by Crippen LogP contribution is -2.39. The van der Waals surface area contributed by atoms with Crippen LogP contribution in [0.5, 0.6) is 0 Å². The average Bonchev–Trinajstić information content (AvgIpc) is 3.02. The highest BCUT2D eigenvalue weighted by Gasteiger charge is 2.31. The van der Waals surface area contributed by atoms with Crippen LogP contribution < -0.4 is 10.5 Å². The van der Waals surface area contributed by atoms with E-state index in [-0.39, 0.29) is 28.8 Å². The van der Waals surface area contributed by atoms with Gasteiger partial charge < -0.3 is 19.0 Å². The van der Waals surface area contributed by atoms with Crippen LogP contribution in [0.4, 0.5) is 5.69 Å². The molecular weight excluding hydrogens is 554 g/mol. The molecule has 44 heavy (non-hydrogen) atoms. The first-order chi connectivity index (χ1) is 21.1. The van der Waals surface area contributed by atoms with E-state index in [1.807, 2.05) is 32.7 Å². The number of aryl methyl sites for hydroxylation is 1. The number of nitrogens with zero attached hydrogens (tertiary/aromatic N) is 7. The minimum atomic E-state index is -0.419. The van der Waals surface area contributed by atoms with Crippen molar-refractivity contribution < 1.29 is 9.57 Å². The predicted octanol–water partition coefficient (Wildman–Crippen LogP) is 4.72. The Morgan fingerprint density at radius 1 is 1.11 bits per heavy atom. The minimum Gasteiger partial charge on any atom is -0.390 e. The molecule has 1 saturated heterocycles. The van der Waals surface area contributed by atoms with Gasteiger partial charge in [-0.25, -0.2) is 4.98 Å². The summed E-state index contributed by atoms with van der Waals surface area (Å²) in [6, 6.07) is 16.2. The Balaban J connectivity index is 1.41. The molecule has 0 spiro atoms. The van der Waals surface area contributed by atoms with Crippen LogP contribution in [0.3, 0.4) is 0 Å². The number of anilines is 1. The molecule has 0 bridgehead atoms. The minimum absolute atomic E-state index is 0.0464. The van der Waals surface area contributed by atoms with E-state index in [1.165, 1.54) is 10.1 Å². The molecule has 1 aliphatic heterocycles. The first-order valence-corrected chi connectivity index (χ1v) is 15.3. The number of rotatable bonds is 7. The highest BCUT2D eigenvalue weighted by atomic mass is 16.6. The molecule has 0 radical (unpaired) electrons. The number of aromatic nitrogens is 2. The Kier molecular flexibility index (Phi) is 9.33. The lowest BCUT2D eigenvalue weighted by atomic mass is 9.80. The highest BCUT2D eigenvalue weighted by molar-refractivity contribution is 6.02. The third kappa shape index (κ3) is 6.77. The molecule has 0 unspecified atom stereocenters. The maximum absolute atomic E-state index is 13.2. The number of benzene rings is 1. The predicted molar refractivity (Wildman–Crippen MR) is 170 cm³/mol. The van der Waals surface area contributed by atoms with Gasteiger partial charge in [-0.3, -0.25) is 9.69 Å². The molecule has 0 N–H and O–H groups in total. The maximum atomic E-state index is 13.2. The van der Waals surface area contributed by atoms with E-state index >= 15 is 0 Å². The maximum Gasteiger partial charge on any atom is 0.270 e. The molecule has 10 heteroatoms. The monoisotopic (exact) mass is 595 g/mol. The molecule has 2 aromatic heterocycles. The lowest BCUT2D eigenvalue weighted by Gasteiger charge is -2.37. The molecule has 0 amide bonds. The SMILES string of the molecule is Cn1c(=O)c(C#N)c(N(C)[C@H]2CC[C@H](/C(=N/OC(C)(C)C)c3cccc(CN4CCOCC4)c3)CC2)c2nc(C#N)ccc21. The second-order valence-electron chi connectivity index (χ2n) is 12.8. The van der Waals surface area contributed by atoms with Gasteiger partial charge in [0.05, 0.1) is 30.1 Å². The van der Waals surface area contributed by atoms with E-state index in [4.69, 9.17) is 14.7 Å². The molecule has 1 aliphatic carbocycles. The van der Waals surface area contributed by atoms with Crippen LogP contribution in [0, 0.1) is 28.6 Å². The molecular formula is C34H41N7O3. The van der Waals surface area contributed by atoms with Crippen LogP contribution in [0.15, 0.2) is 46.3 Å². The Labute approximate surface area is 259 Å². The zero-order valence-corrected chi connectivity index (χ0v) is 26.3. The summed E-state index contributed by atoms with van der Waals surface area (Å²) in [7, 11) is 3.55. The summed E-state index contributed by atoms with van der Waals surface area (Å²) in [6.07, 6.45) is 3.42. The Morgan fingerprint density at radius 3 is 2.50 bits per heavy atom. The zero-order chi connectivity index (χ0) is 31.4. The first-order valence-electron chi connectivity index (χ1n) is 15.3.